The zero-order chi connectivity index (χ0) is 18.4. The van der Waals surface area contributed by atoms with Crippen molar-refractivity contribution < 1.29 is 4.79 Å². The summed E-state index contributed by atoms with van der Waals surface area (Å²) < 4.78 is 0. The summed E-state index contributed by atoms with van der Waals surface area (Å²) in [5.41, 5.74) is 2.32. The Morgan fingerprint density at radius 3 is 2.58 bits per heavy atom. The van der Waals surface area contributed by atoms with Gasteiger partial charge < -0.3 is 10.2 Å². The number of carbonyl (C=O) groups excluding carboxylic acids is 1. The van der Waals surface area contributed by atoms with E-state index in [4.69, 9.17) is 0 Å². The van der Waals surface area contributed by atoms with Crippen LogP contribution in [0.5, 0.6) is 0 Å². The highest BCUT2D eigenvalue weighted by Gasteiger charge is 2.13. The van der Waals surface area contributed by atoms with Crippen molar-refractivity contribution in [2.24, 2.45) is 0 Å². The Morgan fingerprint density at radius 2 is 1.85 bits per heavy atom. The molecule has 3 aromatic rings. The highest BCUT2D eigenvalue weighted by Crippen LogP contribution is 2.14. The Kier molecular flexibility index (Phi) is 5.53. The molecule has 1 N–H and O–H groups in total. The minimum Gasteiger partial charge on any atom is -0.355 e. The van der Waals surface area contributed by atoms with Gasteiger partial charge >= 0.3 is 0 Å². The van der Waals surface area contributed by atoms with Crippen LogP contribution in [0.3, 0.4) is 0 Å². The lowest BCUT2D eigenvalue weighted by molar-refractivity contribution is 0.0945. The molecule has 0 atom stereocenters. The van der Waals surface area contributed by atoms with E-state index in [1.54, 1.807) is 19.2 Å². The smallest absolute Gasteiger partial charge is 0.270 e. The van der Waals surface area contributed by atoms with Gasteiger partial charge in [-0.15, -0.1) is 0 Å². The van der Waals surface area contributed by atoms with Crippen LogP contribution >= 0.6 is 0 Å². The van der Waals surface area contributed by atoms with Gasteiger partial charge in [0, 0.05) is 25.9 Å². The number of aromatic nitrogens is 3. The molecular weight excluding hydrogens is 326 g/mol. The SMILES string of the molecule is Cc1nc(C(=O)NCc2ccccn2)cc(N(C)Cc2ccccc2)n1. The van der Waals surface area contributed by atoms with Crippen molar-refractivity contribution in [2.45, 2.75) is 20.0 Å². The number of rotatable bonds is 6. The summed E-state index contributed by atoms with van der Waals surface area (Å²) in [6.07, 6.45) is 1.70. The Hall–Kier alpha value is -3.28. The first-order chi connectivity index (χ1) is 12.6. The van der Waals surface area contributed by atoms with Crippen molar-refractivity contribution in [3.63, 3.8) is 0 Å². The highest BCUT2D eigenvalue weighted by molar-refractivity contribution is 5.92. The molecule has 0 saturated heterocycles. The Balaban J connectivity index is 1.71. The molecule has 2 aromatic heterocycles. The zero-order valence-electron chi connectivity index (χ0n) is 14.9. The van der Waals surface area contributed by atoms with Crippen LogP contribution in [-0.2, 0) is 13.1 Å². The summed E-state index contributed by atoms with van der Waals surface area (Å²) in [6, 6.07) is 17.4. The quantitative estimate of drug-likeness (QED) is 0.742. The van der Waals surface area contributed by atoms with Gasteiger partial charge in [-0.1, -0.05) is 36.4 Å². The Labute approximate surface area is 153 Å². The molecule has 1 amide bonds. The minimum atomic E-state index is -0.240. The van der Waals surface area contributed by atoms with Crippen LogP contribution in [0.4, 0.5) is 5.82 Å². The molecule has 0 radical (unpaired) electrons. The molecule has 0 aliphatic carbocycles. The maximum Gasteiger partial charge on any atom is 0.270 e. The molecule has 0 aliphatic rings. The van der Waals surface area contributed by atoms with Crippen molar-refractivity contribution >= 4 is 11.7 Å². The second kappa shape index (κ2) is 8.20. The largest absolute Gasteiger partial charge is 0.355 e. The molecule has 6 heteroatoms. The summed E-state index contributed by atoms with van der Waals surface area (Å²) in [6.45, 7) is 2.85. The fourth-order valence-electron chi connectivity index (χ4n) is 2.57. The molecule has 0 unspecified atom stereocenters. The summed E-state index contributed by atoms with van der Waals surface area (Å²) in [4.78, 5) is 27.4. The van der Waals surface area contributed by atoms with E-state index in [0.717, 1.165) is 5.69 Å². The first-order valence-corrected chi connectivity index (χ1v) is 8.40. The van der Waals surface area contributed by atoms with E-state index in [1.807, 2.05) is 48.3 Å². The number of hydrogen-bond acceptors (Lipinski definition) is 5. The predicted molar refractivity (Wildman–Crippen MR) is 101 cm³/mol. The molecule has 6 nitrogen and oxygen atoms in total. The van der Waals surface area contributed by atoms with Crippen LogP contribution in [-0.4, -0.2) is 27.9 Å². The fourth-order valence-corrected chi connectivity index (χ4v) is 2.57. The normalized spacial score (nSPS) is 10.4. The molecule has 0 saturated carbocycles. The maximum absolute atomic E-state index is 12.5. The van der Waals surface area contributed by atoms with E-state index in [-0.39, 0.29) is 5.91 Å². The fraction of sp³-hybridized carbons (Fsp3) is 0.200. The average Bonchev–Trinajstić information content (AvgIpc) is 2.67. The summed E-state index contributed by atoms with van der Waals surface area (Å²) in [5.74, 6) is 1.03. The third-order valence-electron chi connectivity index (χ3n) is 3.87. The Morgan fingerprint density at radius 1 is 1.08 bits per heavy atom. The summed E-state index contributed by atoms with van der Waals surface area (Å²) in [7, 11) is 1.95. The van der Waals surface area contributed by atoms with Crippen molar-refractivity contribution in [1.29, 1.82) is 0 Å². The van der Waals surface area contributed by atoms with Crippen molar-refractivity contribution in [1.82, 2.24) is 20.3 Å². The zero-order valence-corrected chi connectivity index (χ0v) is 14.9. The first kappa shape index (κ1) is 17.5. The molecule has 0 aliphatic heterocycles. The van der Waals surface area contributed by atoms with E-state index < -0.39 is 0 Å². The van der Waals surface area contributed by atoms with Crippen LogP contribution < -0.4 is 10.2 Å². The monoisotopic (exact) mass is 347 g/mol. The molecule has 26 heavy (non-hydrogen) atoms. The highest BCUT2D eigenvalue weighted by atomic mass is 16.1. The van der Waals surface area contributed by atoms with Crippen LogP contribution in [0, 0.1) is 6.92 Å². The first-order valence-electron chi connectivity index (χ1n) is 8.40. The van der Waals surface area contributed by atoms with Crippen LogP contribution in [0.1, 0.15) is 27.6 Å². The molecule has 0 spiro atoms. The van der Waals surface area contributed by atoms with Gasteiger partial charge in [0.2, 0.25) is 0 Å². The second-order valence-electron chi connectivity index (χ2n) is 6.00. The second-order valence-corrected chi connectivity index (χ2v) is 6.00. The topological polar surface area (TPSA) is 71.0 Å². The molecular formula is C20H21N5O. The third kappa shape index (κ3) is 4.63. The molecule has 0 bridgehead atoms. The number of aryl methyl sites for hydroxylation is 1. The number of carbonyl (C=O) groups is 1. The number of benzene rings is 1. The number of amides is 1. The van der Waals surface area contributed by atoms with Crippen LogP contribution in [0.25, 0.3) is 0 Å². The lowest BCUT2D eigenvalue weighted by Gasteiger charge is -2.19. The van der Waals surface area contributed by atoms with Crippen molar-refractivity contribution in [3.05, 3.63) is 83.6 Å². The molecule has 132 valence electrons. The van der Waals surface area contributed by atoms with Gasteiger partial charge in [-0.25, -0.2) is 9.97 Å². The third-order valence-corrected chi connectivity index (χ3v) is 3.87. The molecule has 3 rings (SSSR count). The van der Waals surface area contributed by atoms with E-state index in [2.05, 4.69) is 32.4 Å². The Bertz CT molecular complexity index is 868. The van der Waals surface area contributed by atoms with Gasteiger partial charge in [0.15, 0.2) is 0 Å². The number of anilines is 1. The van der Waals surface area contributed by atoms with Crippen LogP contribution in [0.2, 0.25) is 0 Å². The van der Waals surface area contributed by atoms with E-state index >= 15 is 0 Å². The number of nitrogens with one attached hydrogen (secondary N) is 1. The lowest BCUT2D eigenvalue weighted by Crippen LogP contribution is -2.26. The van der Waals surface area contributed by atoms with Crippen molar-refractivity contribution in [3.8, 4) is 0 Å². The van der Waals surface area contributed by atoms with Gasteiger partial charge in [-0.3, -0.25) is 9.78 Å². The summed E-state index contributed by atoms with van der Waals surface area (Å²) in [5, 5.41) is 2.85. The number of nitrogens with zero attached hydrogens (tertiary/aromatic N) is 4. The lowest BCUT2D eigenvalue weighted by atomic mass is 10.2. The van der Waals surface area contributed by atoms with Crippen molar-refractivity contribution in [2.75, 3.05) is 11.9 Å². The molecule has 1 aromatic carbocycles. The van der Waals surface area contributed by atoms with Gasteiger partial charge in [0.25, 0.3) is 5.91 Å². The standard InChI is InChI=1S/C20H21N5O/c1-15-23-18(20(26)22-13-17-10-6-7-11-21-17)12-19(24-15)25(2)14-16-8-4-3-5-9-16/h3-12H,13-14H2,1-2H3,(H,22,26). The molecule has 0 fully saturated rings. The average molecular weight is 347 g/mol. The van der Waals surface area contributed by atoms with Gasteiger partial charge in [-0.05, 0) is 24.6 Å². The van der Waals surface area contributed by atoms with E-state index in [0.29, 0.717) is 30.4 Å². The van der Waals surface area contributed by atoms with Gasteiger partial charge in [0.1, 0.15) is 17.3 Å². The van der Waals surface area contributed by atoms with Gasteiger partial charge in [-0.2, -0.15) is 0 Å². The molecule has 2 heterocycles. The van der Waals surface area contributed by atoms with E-state index in [1.165, 1.54) is 5.56 Å². The maximum atomic E-state index is 12.5. The number of hydrogen-bond donors (Lipinski definition) is 1. The summed E-state index contributed by atoms with van der Waals surface area (Å²) >= 11 is 0. The van der Waals surface area contributed by atoms with E-state index in [9.17, 15) is 4.79 Å². The number of pyridine rings is 1. The van der Waals surface area contributed by atoms with Crippen LogP contribution in [0.15, 0.2) is 60.8 Å². The minimum absolute atomic E-state index is 0.240. The van der Waals surface area contributed by atoms with Gasteiger partial charge in [0.05, 0.1) is 12.2 Å². The predicted octanol–water partition coefficient (Wildman–Crippen LogP) is 2.75.